The molecule has 5 heteroatoms. The van der Waals surface area contributed by atoms with Crippen LogP contribution in [0.25, 0.3) is 0 Å². The minimum Gasteiger partial charge on any atom is -0.385 e. The van der Waals surface area contributed by atoms with Gasteiger partial charge in [-0.2, -0.15) is 0 Å². The van der Waals surface area contributed by atoms with Crippen molar-refractivity contribution >= 4 is 23.9 Å². The van der Waals surface area contributed by atoms with Crippen molar-refractivity contribution in [3.05, 3.63) is 58.7 Å². The largest absolute Gasteiger partial charge is 0.385 e. The Hall–Kier alpha value is -1.90. The van der Waals surface area contributed by atoms with Crippen molar-refractivity contribution in [3.63, 3.8) is 0 Å². The van der Waals surface area contributed by atoms with Crippen molar-refractivity contribution in [1.82, 2.24) is 0 Å². The highest BCUT2D eigenvalue weighted by molar-refractivity contribution is 7.82. The maximum absolute atomic E-state index is 12.8. The van der Waals surface area contributed by atoms with Crippen LogP contribution in [0.3, 0.4) is 0 Å². The predicted octanol–water partition coefficient (Wildman–Crippen LogP) is 3.78. The summed E-state index contributed by atoms with van der Waals surface area (Å²) < 4.78 is 12.8. The Kier molecular flexibility index (Phi) is 5.08. The van der Waals surface area contributed by atoms with Gasteiger partial charge in [-0.1, -0.05) is 17.7 Å². The zero-order chi connectivity index (χ0) is 17.2. The Labute approximate surface area is 137 Å². The highest BCUT2D eigenvalue weighted by Gasteiger charge is 2.34. The normalized spacial score (nSPS) is 13.4. The van der Waals surface area contributed by atoms with E-state index in [2.05, 4.69) is 5.32 Å². The van der Waals surface area contributed by atoms with Crippen LogP contribution < -0.4 is 10.6 Å². The van der Waals surface area contributed by atoms with Gasteiger partial charge in [0, 0.05) is 23.1 Å². The number of anilines is 1. The first-order chi connectivity index (χ1) is 10.8. The third-order valence-corrected chi connectivity index (χ3v) is 5.54. The van der Waals surface area contributed by atoms with Gasteiger partial charge in [0.25, 0.3) is 12.9 Å². The Morgan fingerprint density at radius 1 is 1.09 bits per heavy atom. The summed E-state index contributed by atoms with van der Waals surface area (Å²) in [5.74, 6) is 0. The molecule has 0 aliphatic carbocycles. The van der Waals surface area contributed by atoms with Crippen LogP contribution in [0.15, 0.2) is 36.4 Å². The van der Waals surface area contributed by atoms with E-state index in [4.69, 9.17) is 0 Å². The van der Waals surface area contributed by atoms with Gasteiger partial charge in [0.2, 0.25) is 0 Å². The molecule has 122 valence electrons. The SMILES string of the molecule is CCNc1ccc(P(=O)(O)C(=O)c2c(C)cc(C)cc2C)cc1. The Bertz CT molecular complexity index is 758. The molecular formula is C18H22NO3P. The minimum absolute atomic E-state index is 0.156. The van der Waals surface area contributed by atoms with Crippen LogP contribution in [-0.4, -0.2) is 17.0 Å². The van der Waals surface area contributed by atoms with Crippen LogP contribution in [0.1, 0.15) is 34.0 Å². The van der Waals surface area contributed by atoms with Crippen molar-refractivity contribution in [2.45, 2.75) is 27.7 Å². The zero-order valence-corrected chi connectivity index (χ0v) is 14.8. The monoisotopic (exact) mass is 331 g/mol. The maximum Gasteiger partial charge on any atom is 0.298 e. The maximum atomic E-state index is 12.8. The molecule has 0 amide bonds. The van der Waals surface area contributed by atoms with Gasteiger partial charge in [-0.25, -0.2) is 0 Å². The first-order valence-electron chi connectivity index (χ1n) is 7.57. The van der Waals surface area contributed by atoms with Crippen LogP contribution in [0.2, 0.25) is 0 Å². The lowest BCUT2D eigenvalue weighted by atomic mass is 10.0. The molecule has 0 saturated heterocycles. The summed E-state index contributed by atoms with van der Waals surface area (Å²) in [6.45, 7) is 8.25. The topological polar surface area (TPSA) is 66.4 Å². The van der Waals surface area contributed by atoms with Gasteiger partial charge in [-0.05, 0) is 63.1 Å². The van der Waals surface area contributed by atoms with E-state index >= 15 is 0 Å². The van der Waals surface area contributed by atoms with Gasteiger partial charge in [-0.15, -0.1) is 0 Å². The lowest BCUT2D eigenvalue weighted by molar-refractivity contribution is 0.106. The second-order valence-electron chi connectivity index (χ2n) is 5.73. The Balaban J connectivity index is 2.43. The molecule has 0 fully saturated rings. The smallest absolute Gasteiger partial charge is 0.298 e. The number of nitrogens with one attached hydrogen (secondary N) is 1. The lowest BCUT2D eigenvalue weighted by Gasteiger charge is -2.15. The standard InChI is InChI=1S/C18H22NO3P/c1-5-19-15-6-8-16(9-7-15)23(21,22)18(20)17-13(3)10-12(2)11-14(17)4/h6-11,19H,5H2,1-4H3,(H,21,22). The summed E-state index contributed by atoms with van der Waals surface area (Å²) in [5, 5.41) is 3.27. The number of hydrogen-bond donors (Lipinski definition) is 2. The molecule has 2 aromatic rings. The second-order valence-corrected chi connectivity index (χ2v) is 7.81. The Morgan fingerprint density at radius 3 is 2.09 bits per heavy atom. The molecule has 2 aromatic carbocycles. The Morgan fingerprint density at radius 2 is 1.61 bits per heavy atom. The summed E-state index contributed by atoms with van der Waals surface area (Å²) in [4.78, 5) is 23.1. The molecule has 0 spiro atoms. The molecule has 4 nitrogen and oxygen atoms in total. The molecule has 2 N–H and O–H groups in total. The average molecular weight is 331 g/mol. The van der Waals surface area contributed by atoms with Crippen molar-refractivity contribution in [1.29, 1.82) is 0 Å². The predicted molar refractivity (Wildman–Crippen MR) is 95.0 cm³/mol. The van der Waals surface area contributed by atoms with E-state index in [0.717, 1.165) is 28.9 Å². The summed E-state index contributed by atoms with van der Waals surface area (Å²) in [6.07, 6.45) is 0. The van der Waals surface area contributed by atoms with Gasteiger partial charge in [0.05, 0.1) is 0 Å². The molecule has 2 rings (SSSR count). The molecular weight excluding hydrogens is 309 g/mol. The summed E-state index contributed by atoms with van der Waals surface area (Å²) in [6, 6.07) is 10.2. The average Bonchev–Trinajstić information content (AvgIpc) is 2.47. The van der Waals surface area contributed by atoms with Crippen molar-refractivity contribution in [2.75, 3.05) is 11.9 Å². The van der Waals surface area contributed by atoms with E-state index in [9.17, 15) is 14.3 Å². The first-order valence-corrected chi connectivity index (χ1v) is 9.23. The van der Waals surface area contributed by atoms with E-state index < -0.39 is 12.9 Å². The zero-order valence-electron chi connectivity index (χ0n) is 13.9. The van der Waals surface area contributed by atoms with Crippen LogP contribution in [0.4, 0.5) is 5.69 Å². The van der Waals surface area contributed by atoms with Crippen molar-refractivity contribution in [2.24, 2.45) is 0 Å². The highest BCUT2D eigenvalue weighted by atomic mass is 31.2. The van der Waals surface area contributed by atoms with Crippen LogP contribution in [-0.2, 0) is 4.57 Å². The van der Waals surface area contributed by atoms with Crippen LogP contribution in [0, 0.1) is 20.8 Å². The fourth-order valence-corrected chi connectivity index (χ4v) is 4.22. The van der Waals surface area contributed by atoms with Gasteiger partial charge < -0.3 is 10.2 Å². The number of aryl methyl sites for hydroxylation is 3. The first kappa shape index (κ1) is 17.5. The number of carbonyl (C=O) groups excluding carboxylic acids is 1. The molecule has 0 aromatic heterocycles. The highest BCUT2D eigenvalue weighted by Crippen LogP contribution is 2.44. The van der Waals surface area contributed by atoms with Gasteiger partial charge >= 0.3 is 0 Å². The van der Waals surface area contributed by atoms with E-state index in [1.165, 1.54) is 12.1 Å². The molecule has 1 unspecified atom stereocenters. The number of benzene rings is 2. The fraction of sp³-hybridized carbons (Fsp3) is 0.278. The summed E-state index contributed by atoms with van der Waals surface area (Å²) >= 11 is 0. The summed E-state index contributed by atoms with van der Waals surface area (Å²) in [5.41, 5.74) is 2.98. The minimum atomic E-state index is -4.13. The van der Waals surface area contributed by atoms with Crippen LogP contribution >= 0.6 is 7.37 Å². The van der Waals surface area contributed by atoms with E-state index in [1.807, 2.05) is 26.0 Å². The quantitative estimate of drug-likeness (QED) is 0.818. The molecule has 0 saturated carbocycles. The number of carbonyl (C=O) groups is 1. The lowest BCUT2D eigenvalue weighted by Crippen LogP contribution is -2.15. The third-order valence-electron chi connectivity index (χ3n) is 3.76. The molecule has 0 aliphatic rings. The van der Waals surface area contributed by atoms with E-state index in [-0.39, 0.29) is 5.30 Å². The molecule has 0 heterocycles. The molecule has 23 heavy (non-hydrogen) atoms. The van der Waals surface area contributed by atoms with E-state index in [1.54, 1.807) is 26.0 Å². The number of hydrogen-bond acceptors (Lipinski definition) is 3. The molecule has 0 aliphatic heterocycles. The van der Waals surface area contributed by atoms with Crippen molar-refractivity contribution in [3.8, 4) is 0 Å². The second kappa shape index (κ2) is 6.69. The van der Waals surface area contributed by atoms with Gasteiger partial charge in [-0.3, -0.25) is 9.36 Å². The third kappa shape index (κ3) is 3.54. The van der Waals surface area contributed by atoms with Gasteiger partial charge in [0.15, 0.2) is 0 Å². The fourth-order valence-electron chi connectivity index (χ4n) is 2.77. The van der Waals surface area contributed by atoms with Gasteiger partial charge in [0.1, 0.15) is 0 Å². The molecule has 0 bridgehead atoms. The van der Waals surface area contributed by atoms with Crippen molar-refractivity contribution < 1.29 is 14.3 Å². The molecule has 1 atom stereocenters. The summed E-state index contributed by atoms with van der Waals surface area (Å²) in [7, 11) is -4.13. The molecule has 0 radical (unpaired) electrons. The number of rotatable bonds is 5. The van der Waals surface area contributed by atoms with Crippen LogP contribution in [0.5, 0.6) is 0 Å². The van der Waals surface area contributed by atoms with E-state index in [0.29, 0.717) is 5.56 Å².